The van der Waals surface area contributed by atoms with E-state index in [9.17, 15) is 4.79 Å². The summed E-state index contributed by atoms with van der Waals surface area (Å²) in [6, 6.07) is 9.49. The summed E-state index contributed by atoms with van der Waals surface area (Å²) in [4.78, 5) is 17.7. The van der Waals surface area contributed by atoms with E-state index in [1.54, 1.807) is 6.20 Å². The van der Waals surface area contributed by atoms with Crippen molar-refractivity contribution in [1.82, 2.24) is 19.6 Å². The molecule has 1 aromatic heterocycles. The zero-order chi connectivity index (χ0) is 18.2. The molecule has 142 valence electrons. The molecule has 3 heterocycles. The normalized spacial score (nSPS) is 23.0. The van der Waals surface area contributed by atoms with Gasteiger partial charge in [-0.05, 0) is 49.7 Å². The van der Waals surface area contributed by atoms with Gasteiger partial charge in [0, 0.05) is 38.8 Å². The third kappa shape index (κ3) is 3.18. The lowest BCUT2D eigenvalue weighted by Crippen LogP contribution is -2.53. The lowest BCUT2D eigenvalue weighted by molar-refractivity contribution is 0.0551. The van der Waals surface area contributed by atoms with E-state index < -0.39 is 0 Å². The number of aryl methyl sites for hydroxylation is 2. The zero-order valence-electron chi connectivity index (χ0n) is 15.9. The predicted octanol–water partition coefficient (Wildman–Crippen LogP) is 2.53. The van der Waals surface area contributed by atoms with Gasteiger partial charge in [-0.1, -0.05) is 24.3 Å². The molecular formula is C22H28N4O. The number of rotatable bonds is 2. The molecule has 5 nitrogen and oxygen atoms in total. The minimum atomic E-state index is 0.187. The highest BCUT2D eigenvalue weighted by atomic mass is 16.2. The Bertz CT molecular complexity index is 835. The molecule has 5 rings (SSSR count). The number of nitrogens with zero attached hydrogens (tertiary/aromatic N) is 4. The van der Waals surface area contributed by atoms with Gasteiger partial charge in [0.05, 0.1) is 17.5 Å². The Balaban J connectivity index is 1.22. The summed E-state index contributed by atoms with van der Waals surface area (Å²) in [5, 5.41) is 4.44. The summed E-state index contributed by atoms with van der Waals surface area (Å²) >= 11 is 0. The van der Waals surface area contributed by atoms with Crippen LogP contribution >= 0.6 is 0 Å². The van der Waals surface area contributed by atoms with Crippen LogP contribution in [0.4, 0.5) is 0 Å². The standard InChI is InChI=1S/C22H28N4O/c27-22(20-16-23-26-10-4-3-7-21(20)26)25-13-11-24(12-14-25)19-9-8-17-5-1-2-6-18(17)15-19/h1-2,5-6,16,19H,3-4,7-15H2/t19-/m1/s1. The van der Waals surface area contributed by atoms with Gasteiger partial charge in [0.1, 0.15) is 0 Å². The van der Waals surface area contributed by atoms with Crippen molar-refractivity contribution in [2.45, 2.75) is 51.1 Å². The van der Waals surface area contributed by atoms with Gasteiger partial charge in [0.15, 0.2) is 0 Å². The summed E-state index contributed by atoms with van der Waals surface area (Å²) in [6.45, 7) is 4.60. The number of fused-ring (bicyclic) bond motifs is 2. The van der Waals surface area contributed by atoms with Crippen molar-refractivity contribution in [3.05, 3.63) is 52.8 Å². The number of amides is 1. The molecule has 5 heteroatoms. The second-order valence-electron chi connectivity index (χ2n) is 8.18. The molecule has 0 N–H and O–H groups in total. The maximum atomic E-state index is 13.0. The summed E-state index contributed by atoms with van der Waals surface area (Å²) in [6.07, 6.45) is 8.70. The molecule has 2 aliphatic heterocycles. The van der Waals surface area contributed by atoms with Gasteiger partial charge in [-0.3, -0.25) is 14.4 Å². The Labute approximate surface area is 161 Å². The van der Waals surface area contributed by atoms with Crippen molar-refractivity contribution < 1.29 is 4.79 Å². The van der Waals surface area contributed by atoms with Crippen LogP contribution in [0, 0.1) is 0 Å². The molecule has 1 aliphatic carbocycles. The average molecular weight is 364 g/mol. The molecule has 1 amide bonds. The second kappa shape index (κ2) is 7.12. The van der Waals surface area contributed by atoms with Gasteiger partial charge in [0.2, 0.25) is 0 Å². The van der Waals surface area contributed by atoms with Gasteiger partial charge in [-0.2, -0.15) is 5.10 Å². The molecule has 0 radical (unpaired) electrons. The molecule has 1 aromatic carbocycles. The Morgan fingerprint density at radius 2 is 1.78 bits per heavy atom. The molecule has 0 spiro atoms. The highest BCUT2D eigenvalue weighted by Crippen LogP contribution is 2.26. The Kier molecular flexibility index (Phi) is 4.48. The summed E-state index contributed by atoms with van der Waals surface area (Å²) < 4.78 is 2.03. The Morgan fingerprint density at radius 3 is 2.63 bits per heavy atom. The van der Waals surface area contributed by atoms with Crippen LogP contribution in [0.15, 0.2) is 30.5 Å². The molecule has 3 aliphatic rings. The number of benzene rings is 1. The molecule has 2 aromatic rings. The minimum Gasteiger partial charge on any atom is -0.336 e. The minimum absolute atomic E-state index is 0.187. The number of aromatic nitrogens is 2. The third-order valence-corrected chi connectivity index (χ3v) is 6.65. The van der Waals surface area contributed by atoms with Crippen molar-refractivity contribution in [3.63, 3.8) is 0 Å². The van der Waals surface area contributed by atoms with E-state index in [1.807, 2.05) is 9.58 Å². The number of hydrogen-bond donors (Lipinski definition) is 0. The SMILES string of the molecule is O=C(c1cnn2c1CCCC2)N1CCN([C@@H]2CCc3ccccc3C2)CC1. The van der Waals surface area contributed by atoms with Gasteiger partial charge in [-0.15, -0.1) is 0 Å². The van der Waals surface area contributed by atoms with Crippen LogP contribution in [0.3, 0.4) is 0 Å². The van der Waals surface area contributed by atoms with Crippen molar-refractivity contribution in [1.29, 1.82) is 0 Å². The number of carbonyl (C=O) groups is 1. The first-order valence-electron chi connectivity index (χ1n) is 10.4. The van der Waals surface area contributed by atoms with E-state index in [0.717, 1.165) is 56.8 Å². The molecular weight excluding hydrogens is 336 g/mol. The van der Waals surface area contributed by atoms with E-state index in [2.05, 4.69) is 34.3 Å². The first-order chi connectivity index (χ1) is 13.3. The first kappa shape index (κ1) is 17.0. The first-order valence-corrected chi connectivity index (χ1v) is 10.4. The third-order valence-electron chi connectivity index (χ3n) is 6.65. The molecule has 1 saturated heterocycles. The van der Waals surface area contributed by atoms with Crippen molar-refractivity contribution >= 4 is 5.91 Å². The van der Waals surface area contributed by atoms with E-state index in [1.165, 1.54) is 36.8 Å². The largest absolute Gasteiger partial charge is 0.336 e. The fraction of sp³-hybridized carbons (Fsp3) is 0.545. The summed E-state index contributed by atoms with van der Waals surface area (Å²) in [7, 11) is 0. The second-order valence-corrected chi connectivity index (χ2v) is 8.18. The molecule has 0 bridgehead atoms. The van der Waals surface area contributed by atoms with Crippen LogP contribution in [-0.4, -0.2) is 57.7 Å². The van der Waals surface area contributed by atoms with Crippen LogP contribution in [0.5, 0.6) is 0 Å². The van der Waals surface area contributed by atoms with E-state index in [-0.39, 0.29) is 5.91 Å². The van der Waals surface area contributed by atoms with Crippen molar-refractivity contribution in [2.24, 2.45) is 0 Å². The van der Waals surface area contributed by atoms with Crippen LogP contribution in [0.25, 0.3) is 0 Å². The average Bonchev–Trinajstić information content (AvgIpc) is 3.17. The van der Waals surface area contributed by atoms with Crippen molar-refractivity contribution in [2.75, 3.05) is 26.2 Å². The smallest absolute Gasteiger partial charge is 0.257 e. The molecule has 0 unspecified atom stereocenters. The zero-order valence-corrected chi connectivity index (χ0v) is 15.9. The summed E-state index contributed by atoms with van der Waals surface area (Å²) in [5.74, 6) is 0.187. The van der Waals surface area contributed by atoms with Crippen LogP contribution in [0.1, 0.15) is 46.4 Å². The lowest BCUT2D eigenvalue weighted by Gasteiger charge is -2.41. The van der Waals surface area contributed by atoms with Gasteiger partial charge in [0.25, 0.3) is 5.91 Å². The van der Waals surface area contributed by atoms with E-state index >= 15 is 0 Å². The van der Waals surface area contributed by atoms with Gasteiger partial charge >= 0.3 is 0 Å². The highest BCUT2D eigenvalue weighted by Gasteiger charge is 2.30. The number of hydrogen-bond acceptors (Lipinski definition) is 3. The fourth-order valence-corrected chi connectivity index (χ4v) is 5.05. The van der Waals surface area contributed by atoms with E-state index in [4.69, 9.17) is 0 Å². The number of carbonyl (C=O) groups excluding carboxylic acids is 1. The van der Waals surface area contributed by atoms with Gasteiger partial charge in [-0.25, -0.2) is 0 Å². The molecule has 27 heavy (non-hydrogen) atoms. The highest BCUT2D eigenvalue weighted by molar-refractivity contribution is 5.95. The maximum absolute atomic E-state index is 13.0. The fourth-order valence-electron chi connectivity index (χ4n) is 5.05. The topological polar surface area (TPSA) is 41.4 Å². The lowest BCUT2D eigenvalue weighted by atomic mass is 9.87. The molecule has 1 fully saturated rings. The van der Waals surface area contributed by atoms with Crippen LogP contribution in [0.2, 0.25) is 0 Å². The van der Waals surface area contributed by atoms with E-state index in [0.29, 0.717) is 6.04 Å². The molecule has 1 atom stereocenters. The number of piperazine rings is 1. The quantitative estimate of drug-likeness (QED) is 0.822. The van der Waals surface area contributed by atoms with Crippen LogP contribution in [-0.2, 0) is 25.8 Å². The predicted molar refractivity (Wildman–Crippen MR) is 105 cm³/mol. The Morgan fingerprint density at radius 1 is 0.963 bits per heavy atom. The monoisotopic (exact) mass is 364 g/mol. The van der Waals surface area contributed by atoms with Gasteiger partial charge < -0.3 is 4.90 Å². The summed E-state index contributed by atoms with van der Waals surface area (Å²) in [5.41, 5.74) is 5.03. The van der Waals surface area contributed by atoms with Crippen molar-refractivity contribution in [3.8, 4) is 0 Å². The van der Waals surface area contributed by atoms with Crippen LogP contribution < -0.4 is 0 Å². The molecule has 0 saturated carbocycles. The Hall–Kier alpha value is -2.14. The maximum Gasteiger partial charge on any atom is 0.257 e.